The first-order valence-corrected chi connectivity index (χ1v) is 9.49. The van der Waals surface area contributed by atoms with Gasteiger partial charge in [0, 0.05) is 57.1 Å². The standard InChI is InChI=1S/C20H25N5O2/c1-24-10-9-22-19(24)17-13-21-8-11-25(17)18(26)7-6-15-12-14-4-2-3-5-16(14)23-20(15)27/h2-5,9-10,15,17,21H,6-8,11-13H2,1H3,(H,23,27). The van der Waals surface area contributed by atoms with Crippen molar-refractivity contribution in [2.75, 3.05) is 25.0 Å². The number of benzene rings is 1. The van der Waals surface area contributed by atoms with Crippen molar-refractivity contribution in [3.63, 3.8) is 0 Å². The van der Waals surface area contributed by atoms with Crippen LogP contribution in [-0.4, -0.2) is 45.9 Å². The van der Waals surface area contributed by atoms with E-state index in [1.807, 2.05) is 47.0 Å². The fourth-order valence-corrected chi connectivity index (χ4v) is 4.02. The minimum Gasteiger partial charge on any atom is -0.336 e. The van der Waals surface area contributed by atoms with Crippen LogP contribution in [0.25, 0.3) is 0 Å². The third kappa shape index (κ3) is 3.60. The van der Waals surface area contributed by atoms with E-state index in [0.29, 0.717) is 32.4 Å². The average Bonchev–Trinajstić information content (AvgIpc) is 3.12. The molecule has 4 rings (SSSR count). The Morgan fingerprint density at radius 3 is 3.00 bits per heavy atom. The van der Waals surface area contributed by atoms with Crippen LogP contribution in [0.15, 0.2) is 36.7 Å². The van der Waals surface area contributed by atoms with E-state index in [4.69, 9.17) is 0 Å². The molecule has 0 saturated carbocycles. The van der Waals surface area contributed by atoms with Gasteiger partial charge in [0.1, 0.15) is 11.9 Å². The second-order valence-corrected chi connectivity index (χ2v) is 7.29. The maximum absolute atomic E-state index is 12.9. The molecule has 1 aromatic carbocycles. The van der Waals surface area contributed by atoms with Crippen molar-refractivity contribution in [1.29, 1.82) is 0 Å². The van der Waals surface area contributed by atoms with Crippen molar-refractivity contribution in [3.05, 3.63) is 48.0 Å². The largest absolute Gasteiger partial charge is 0.336 e. The van der Waals surface area contributed by atoms with Crippen LogP contribution in [0.2, 0.25) is 0 Å². The molecule has 0 bridgehead atoms. The Balaban J connectivity index is 1.41. The molecule has 0 radical (unpaired) electrons. The van der Waals surface area contributed by atoms with Gasteiger partial charge in [-0.15, -0.1) is 0 Å². The van der Waals surface area contributed by atoms with E-state index in [-0.39, 0.29) is 23.8 Å². The molecule has 142 valence electrons. The molecule has 2 amide bonds. The molecule has 2 aliphatic rings. The molecule has 2 atom stereocenters. The van der Waals surface area contributed by atoms with E-state index in [0.717, 1.165) is 23.6 Å². The quantitative estimate of drug-likeness (QED) is 0.858. The number of hydrogen-bond donors (Lipinski definition) is 2. The molecular formula is C20H25N5O2. The molecule has 27 heavy (non-hydrogen) atoms. The summed E-state index contributed by atoms with van der Waals surface area (Å²) in [5.41, 5.74) is 2.03. The zero-order valence-electron chi connectivity index (χ0n) is 15.5. The number of fused-ring (bicyclic) bond motifs is 1. The van der Waals surface area contributed by atoms with Crippen LogP contribution < -0.4 is 10.6 Å². The summed E-state index contributed by atoms with van der Waals surface area (Å²) in [5, 5.41) is 6.31. The number of carbonyl (C=O) groups is 2. The van der Waals surface area contributed by atoms with Gasteiger partial charge in [-0.25, -0.2) is 4.98 Å². The van der Waals surface area contributed by atoms with Gasteiger partial charge in [-0.05, 0) is 24.5 Å². The molecule has 1 aromatic heterocycles. The minimum atomic E-state index is -0.154. The molecule has 2 unspecified atom stereocenters. The van der Waals surface area contributed by atoms with Crippen molar-refractivity contribution < 1.29 is 9.59 Å². The summed E-state index contributed by atoms with van der Waals surface area (Å²) in [6.07, 6.45) is 5.30. The zero-order valence-corrected chi connectivity index (χ0v) is 15.5. The molecule has 1 fully saturated rings. The molecular weight excluding hydrogens is 342 g/mol. The molecule has 2 aromatic rings. The smallest absolute Gasteiger partial charge is 0.227 e. The lowest BCUT2D eigenvalue weighted by atomic mass is 9.89. The summed E-state index contributed by atoms with van der Waals surface area (Å²) >= 11 is 0. The number of para-hydroxylation sites is 1. The number of hydrogen-bond acceptors (Lipinski definition) is 4. The van der Waals surface area contributed by atoms with Crippen molar-refractivity contribution in [1.82, 2.24) is 19.8 Å². The molecule has 3 heterocycles. The van der Waals surface area contributed by atoms with E-state index in [1.165, 1.54) is 0 Å². The SMILES string of the molecule is Cn1ccnc1C1CNCCN1C(=O)CCC1Cc2ccccc2NC1=O. The Hall–Kier alpha value is -2.67. The average molecular weight is 367 g/mol. The number of rotatable bonds is 4. The number of imidazole rings is 1. The molecule has 7 heteroatoms. The van der Waals surface area contributed by atoms with Crippen molar-refractivity contribution in [3.8, 4) is 0 Å². The van der Waals surface area contributed by atoms with Gasteiger partial charge in [0.15, 0.2) is 0 Å². The van der Waals surface area contributed by atoms with E-state index in [2.05, 4.69) is 15.6 Å². The summed E-state index contributed by atoms with van der Waals surface area (Å²) < 4.78 is 1.96. The van der Waals surface area contributed by atoms with Crippen LogP contribution in [0.1, 0.15) is 30.3 Å². The normalized spacial score (nSPS) is 22.3. The fraction of sp³-hybridized carbons (Fsp3) is 0.450. The van der Waals surface area contributed by atoms with E-state index >= 15 is 0 Å². The fourth-order valence-electron chi connectivity index (χ4n) is 4.02. The summed E-state index contributed by atoms with van der Waals surface area (Å²) in [5.74, 6) is 0.844. The molecule has 0 aliphatic carbocycles. The third-order valence-electron chi connectivity index (χ3n) is 5.54. The van der Waals surface area contributed by atoms with Crippen LogP contribution in [0, 0.1) is 5.92 Å². The second-order valence-electron chi connectivity index (χ2n) is 7.29. The van der Waals surface area contributed by atoms with Crippen LogP contribution in [-0.2, 0) is 23.1 Å². The molecule has 7 nitrogen and oxygen atoms in total. The Labute approximate surface area is 158 Å². The number of aryl methyl sites for hydroxylation is 1. The maximum Gasteiger partial charge on any atom is 0.227 e. The minimum absolute atomic E-state index is 0.0162. The van der Waals surface area contributed by atoms with E-state index < -0.39 is 0 Å². The second kappa shape index (κ2) is 7.52. The van der Waals surface area contributed by atoms with Gasteiger partial charge in [-0.3, -0.25) is 9.59 Å². The van der Waals surface area contributed by atoms with Gasteiger partial charge in [-0.1, -0.05) is 18.2 Å². The highest BCUT2D eigenvalue weighted by molar-refractivity contribution is 5.96. The summed E-state index contributed by atoms with van der Waals surface area (Å²) in [6, 6.07) is 7.80. The van der Waals surface area contributed by atoms with Gasteiger partial charge in [0.05, 0.1) is 0 Å². The van der Waals surface area contributed by atoms with Crippen molar-refractivity contribution in [2.24, 2.45) is 13.0 Å². The number of nitrogens with one attached hydrogen (secondary N) is 2. The van der Waals surface area contributed by atoms with E-state index in [9.17, 15) is 9.59 Å². The molecule has 0 spiro atoms. The Bertz CT molecular complexity index is 846. The Kier molecular flexibility index (Phi) is 4.94. The van der Waals surface area contributed by atoms with Crippen molar-refractivity contribution in [2.45, 2.75) is 25.3 Å². The number of piperazine rings is 1. The first-order chi connectivity index (χ1) is 13.1. The van der Waals surface area contributed by atoms with Crippen molar-refractivity contribution >= 4 is 17.5 Å². The highest BCUT2D eigenvalue weighted by Crippen LogP contribution is 2.28. The molecule has 1 saturated heterocycles. The monoisotopic (exact) mass is 367 g/mol. The zero-order chi connectivity index (χ0) is 18.8. The van der Waals surface area contributed by atoms with Crippen LogP contribution in [0.4, 0.5) is 5.69 Å². The lowest BCUT2D eigenvalue weighted by Crippen LogP contribution is -2.49. The summed E-state index contributed by atoms with van der Waals surface area (Å²) in [6.45, 7) is 2.15. The lowest BCUT2D eigenvalue weighted by Gasteiger charge is -2.36. The molecule has 2 aliphatic heterocycles. The number of aromatic nitrogens is 2. The van der Waals surface area contributed by atoms with Crippen LogP contribution >= 0.6 is 0 Å². The highest BCUT2D eigenvalue weighted by Gasteiger charge is 2.32. The molecule has 2 N–H and O–H groups in total. The van der Waals surface area contributed by atoms with Gasteiger partial charge >= 0.3 is 0 Å². The Morgan fingerprint density at radius 2 is 2.19 bits per heavy atom. The van der Waals surface area contributed by atoms with Crippen LogP contribution in [0.5, 0.6) is 0 Å². The summed E-state index contributed by atoms with van der Waals surface area (Å²) in [7, 11) is 1.95. The third-order valence-corrected chi connectivity index (χ3v) is 5.54. The number of carbonyl (C=O) groups excluding carboxylic acids is 2. The number of nitrogens with zero attached hydrogens (tertiary/aromatic N) is 3. The van der Waals surface area contributed by atoms with E-state index in [1.54, 1.807) is 6.20 Å². The number of anilines is 1. The van der Waals surface area contributed by atoms with Gasteiger partial charge in [0.2, 0.25) is 11.8 Å². The summed E-state index contributed by atoms with van der Waals surface area (Å²) in [4.78, 5) is 31.7. The number of amides is 2. The predicted molar refractivity (Wildman–Crippen MR) is 102 cm³/mol. The van der Waals surface area contributed by atoms with Crippen LogP contribution in [0.3, 0.4) is 0 Å². The predicted octanol–water partition coefficient (Wildman–Crippen LogP) is 1.48. The first-order valence-electron chi connectivity index (χ1n) is 9.49. The first kappa shape index (κ1) is 17.7. The lowest BCUT2D eigenvalue weighted by molar-refractivity contribution is -0.135. The Morgan fingerprint density at radius 1 is 1.33 bits per heavy atom. The van der Waals surface area contributed by atoms with Gasteiger partial charge in [0.25, 0.3) is 0 Å². The topological polar surface area (TPSA) is 79.3 Å². The van der Waals surface area contributed by atoms with Gasteiger partial charge in [-0.2, -0.15) is 0 Å². The maximum atomic E-state index is 12.9. The highest BCUT2D eigenvalue weighted by atomic mass is 16.2. The van der Waals surface area contributed by atoms with Gasteiger partial charge < -0.3 is 20.1 Å².